The Bertz CT molecular complexity index is 546. The van der Waals surface area contributed by atoms with Crippen LogP contribution in [-0.2, 0) is 11.3 Å². The zero-order chi connectivity index (χ0) is 15.6. The van der Waals surface area contributed by atoms with E-state index in [-0.39, 0.29) is 5.41 Å². The van der Waals surface area contributed by atoms with E-state index in [9.17, 15) is 4.79 Å². The molecular weight excluding hydrogens is 270 g/mol. The van der Waals surface area contributed by atoms with Gasteiger partial charge in [-0.2, -0.15) is 0 Å². The average Bonchev–Trinajstić information content (AvgIpc) is 2.53. The fraction of sp³-hybridized carbons (Fsp3) is 0.550. The molecule has 1 aromatic rings. The highest BCUT2D eigenvalue weighted by Gasteiger charge is 2.50. The number of rotatable bonds is 3. The van der Waals surface area contributed by atoms with E-state index in [1.807, 2.05) is 6.07 Å². The highest BCUT2D eigenvalue weighted by atomic mass is 16.2. The Balaban J connectivity index is 1.83. The minimum absolute atomic E-state index is 0.156. The van der Waals surface area contributed by atoms with Gasteiger partial charge in [0.2, 0.25) is 5.91 Å². The van der Waals surface area contributed by atoms with Crippen LogP contribution < -0.4 is 0 Å². The van der Waals surface area contributed by atoms with Gasteiger partial charge in [0.05, 0.1) is 5.41 Å². The summed E-state index contributed by atoms with van der Waals surface area (Å²) in [6.45, 7) is 7.97. The molecule has 1 aliphatic carbocycles. The highest BCUT2D eigenvalue weighted by Crippen LogP contribution is 2.50. The molecule has 22 heavy (non-hydrogen) atoms. The zero-order valence-corrected chi connectivity index (χ0v) is 13.7. The average molecular weight is 297 g/mol. The molecular formula is C20H27NO. The van der Waals surface area contributed by atoms with Crippen molar-refractivity contribution in [1.29, 1.82) is 0 Å². The number of hydrogen-bond donors (Lipinski definition) is 0. The Kier molecular flexibility index (Phi) is 4.37. The van der Waals surface area contributed by atoms with Crippen molar-refractivity contribution in [3.8, 4) is 0 Å². The Morgan fingerprint density at radius 3 is 2.68 bits per heavy atom. The molecule has 0 aromatic heterocycles. The lowest BCUT2D eigenvalue weighted by atomic mass is 9.60. The predicted octanol–water partition coefficient (Wildman–Crippen LogP) is 4.56. The van der Waals surface area contributed by atoms with Gasteiger partial charge in [-0.3, -0.25) is 4.79 Å². The van der Waals surface area contributed by atoms with Crippen LogP contribution >= 0.6 is 0 Å². The molecule has 0 radical (unpaired) electrons. The van der Waals surface area contributed by atoms with Crippen LogP contribution in [0.3, 0.4) is 0 Å². The minimum atomic E-state index is -0.156. The topological polar surface area (TPSA) is 20.3 Å². The molecule has 1 heterocycles. The van der Waals surface area contributed by atoms with Gasteiger partial charge in [-0.25, -0.2) is 0 Å². The van der Waals surface area contributed by atoms with Gasteiger partial charge < -0.3 is 4.90 Å². The second-order valence-corrected chi connectivity index (χ2v) is 7.12. The summed E-state index contributed by atoms with van der Waals surface area (Å²) in [6, 6.07) is 10.4. The van der Waals surface area contributed by atoms with Gasteiger partial charge in [0.1, 0.15) is 0 Å². The van der Waals surface area contributed by atoms with Crippen LogP contribution in [0.4, 0.5) is 0 Å². The van der Waals surface area contributed by atoms with Crippen LogP contribution in [0.25, 0.3) is 0 Å². The van der Waals surface area contributed by atoms with E-state index >= 15 is 0 Å². The van der Waals surface area contributed by atoms with Crippen LogP contribution in [-0.4, -0.2) is 17.4 Å². The van der Waals surface area contributed by atoms with Gasteiger partial charge in [0, 0.05) is 13.1 Å². The van der Waals surface area contributed by atoms with Crippen molar-refractivity contribution in [1.82, 2.24) is 4.90 Å². The van der Waals surface area contributed by atoms with Crippen molar-refractivity contribution in [3.63, 3.8) is 0 Å². The maximum absolute atomic E-state index is 13.3. The second-order valence-electron chi connectivity index (χ2n) is 7.12. The Labute approximate surface area is 134 Å². The molecule has 1 aromatic carbocycles. The molecule has 2 fully saturated rings. The van der Waals surface area contributed by atoms with Crippen LogP contribution in [0.15, 0.2) is 42.5 Å². The van der Waals surface area contributed by atoms with E-state index in [4.69, 9.17) is 0 Å². The summed E-state index contributed by atoms with van der Waals surface area (Å²) >= 11 is 0. The van der Waals surface area contributed by atoms with Gasteiger partial charge in [-0.1, -0.05) is 55.3 Å². The Hall–Kier alpha value is -1.57. The molecule has 1 saturated carbocycles. The monoisotopic (exact) mass is 297 g/mol. The molecule has 2 aliphatic rings. The third kappa shape index (κ3) is 2.71. The molecule has 2 nitrogen and oxygen atoms in total. The number of amides is 1. The molecule has 2 heteroatoms. The number of hydrogen-bond acceptors (Lipinski definition) is 1. The number of piperidine rings is 1. The number of likely N-dealkylation sites (tertiary alicyclic amines) is 1. The first-order valence-corrected chi connectivity index (χ1v) is 8.62. The molecule has 118 valence electrons. The van der Waals surface area contributed by atoms with Gasteiger partial charge in [-0.05, 0) is 44.1 Å². The molecule has 1 amide bonds. The summed E-state index contributed by atoms with van der Waals surface area (Å²) in [5.74, 6) is 0.766. The van der Waals surface area contributed by atoms with Crippen molar-refractivity contribution in [2.45, 2.75) is 52.0 Å². The van der Waals surface area contributed by atoms with Crippen LogP contribution in [0.2, 0.25) is 0 Å². The van der Waals surface area contributed by atoms with E-state index < -0.39 is 0 Å². The number of carbonyl (C=O) groups excluding carboxylic acids is 1. The highest BCUT2D eigenvalue weighted by molar-refractivity contribution is 5.84. The smallest absolute Gasteiger partial charge is 0.229 e. The van der Waals surface area contributed by atoms with Crippen molar-refractivity contribution >= 4 is 5.91 Å². The summed E-state index contributed by atoms with van der Waals surface area (Å²) < 4.78 is 0. The number of benzene rings is 1. The SMILES string of the molecule is C=C(C)[C@@H]1CCCC[C@]12CCCN(Cc1ccccc1)C2=O. The second kappa shape index (κ2) is 6.28. The van der Waals surface area contributed by atoms with Crippen LogP contribution in [0.1, 0.15) is 51.0 Å². The molecule has 0 N–H and O–H groups in total. The van der Waals surface area contributed by atoms with Gasteiger partial charge in [0.15, 0.2) is 0 Å². The summed E-state index contributed by atoms with van der Waals surface area (Å²) in [5.41, 5.74) is 2.28. The predicted molar refractivity (Wildman–Crippen MR) is 90.3 cm³/mol. The summed E-state index contributed by atoms with van der Waals surface area (Å²) in [7, 11) is 0. The molecule has 2 atom stereocenters. The molecule has 1 aliphatic heterocycles. The molecule has 0 bridgehead atoms. The Morgan fingerprint density at radius 2 is 1.95 bits per heavy atom. The summed E-state index contributed by atoms with van der Waals surface area (Å²) in [5, 5.41) is 0. The van der Waals surface area contributed by atoms with Crippen molar-refractivity contribution in [2.75, 3.05) is 6.54 Å². The fourth-order valence-corrected chi connectivity index (χ4v) is 4.58. The van der Waals surface area contributed by atoms with Crippen molar-refractivity contribution in [3.05, 3.63) is 48.0 Å². The molecule has 1 saturated heterocycles. The first kappa shape index (κ1) is 15.3. The van der Waals surface area contributed by atoms with E-state index in [2.05, 4.69) is 42.7 Å². The first-order valence-electron chi connectivity index (χ1n) is 8.62. The van der Waals surface area contributed by atoms with E-state index in [0.717, 1.165) is 38.8 Å². The fourth-order valence-electron chi connectivity index (χ4n) is 4.58. The lowest BCUT2D eigenvalue weighted by Crippen LogP contribution is -2.53. The van der Waals surface area contributed by atoms with Gasteiger partial charge in [0.25, 0.3) is 0 Å². The lowest BCUT2D eigenvalue weighted by molar-refractivity contribution is -0.153. The maximum atomic E-state index is 13.3. The van der Waals surface area contributed by atoms with Crippen molar-refractivity contribution < 1.29 is 4.79 Å². The maximum Gasteiger partial charge on any atom is 0.229 e. The van der Waals surface area contributed by atoms with E-state index in [1.54, 1.807) is 0 Å². The van der Waals surface area contributed by atoms with Crippen LogP contribution in [0, 0.1) is 11.3 Å². The third-order valence-corrected chi connectivity index (χ3v) is 5.61. The van der Waals surface area contributed by atoms with Gasteiger partial charge in [-0.15, -0.1) is 0 Å². The zero-order valence-electron chi connectivity index (χ0n) is 13.7. The van der Waals surface area contributed by atoms with Crippen molar-refractivity contribution in [2.24, 2.45) is 11.3 Å². The molecule has 3 rings (SSSR count). The number of allylic oxidation sites excluding steroid dienone is 1. The molecule has 0 unspecified atom stereocenters. The third-order valence-electron chi connectivity index (χ3n) is 5.61. The standard InChI is InChI=1S/C20H27NO/c1-16(2)18-11-6-7-12-20(18)13-8-14-21(19(20)22)15-17-9-4-3-5-10-17/h3-5,9-10,18H,1,6-8,11-15H2,2H3/t18-,20-/m0/s1. The number of nitrogens with zero attached hydrogens (tertiary/aromatic N) is 1. The summed E-state index contributed by atoms with van der Waals surface area (Å²) in [6.07, 6.45) is 6.80. The first-order chi connectivity index (χ1) is 10.6. The Morgan fingerprint density at radius 1 is 1.23 bits per heavy atom. The normalized spacial score (nSPS) is 28.9. The van der Waals surface area contributed by atoms with E-state index in [0.29, 0.717) is 11.8 Å². The van der Waals surface area contributed by atoms with Gasteiger partial charge >= 0.3 is 0 Å². The lowest BCUT2D eigenvalue weighted by Gasteiger charge is -2.49. The quantitative estimate of drug-likeness (QED) is 0.749. The molecule has 1 spiro atoms. The largest absolute Gasteiger partial charge is 0.338 e. The van der Waals surface area contributed by atoms with E-state index in [1.165, 1.54) is 24.0 Å². The minimum Gasteiger partial charge on any atom is -0.338 e. The number of carbonyl (C=O) groups is 1. The van der Waals surface area contributed by atoms with Crippen LogP contribution in [0.5, 0.6) is 0 Å². The summed E-state index contributed by atoms with van der Waals surface area (Å²) in [4.78, 5) is 15.4.